The van der Waals surface area contributed by atoms with Gasteiger partial charge in [0.25, 0.3) is 5.91 Å². The highest BCUT2D eigenvalue weighted by molar-refractivity contribution is 7.10. The average Bonchev–Trinajstić information content (AvgIpc) is 3.11. The van der Waals surface area contributed by atoms with Gasteiger partial charge in [-0.1, -0.05) is 0 Å². The van der Waals surface area contributed by atoms with Gasteiger partial charge in [0.2, 0.25) is 0 Å². The first-order chi connectivity index (χ1) is 10.2. The minimum atomic E-state index is 0.0729. The number of nitrogens with zero attached hydrogens (tertiary/aromatic N) is 1. The second kappa shape index (κ2) is 4.63. The lowest BCUT2D eigenvalue weighted by Gasteiger charge is -2.26. The summed E-state index contributed by atoms with van der Waals surface area (Å²) >= 11 is 1.78. The molecule has 1 amide bonds. The van der Waals surface area contributed by atoms with Crippen LogP contribution in [-0.2, 0) is 13.0 Å². The largest absolute Gasteiger partial charge is 0.399 e. The van der Waals surface area contributed by atoms with Crippen molar-refractivity contribution in [3.63, 3.8) is 0 Å². The number of aromatic amines is 1. The molecule has 0 saturated heterocycles. The van der Waals surface area contributed by atoms with E-state index >= 15 is 0 Å². The number of carbonyl (C=O) groups is 1. The van der Waals surface area contributed by atoms with Crippen LogP contribution < -0.4 is 5.73 Å². The highest BCUT2D eigenvalue weighted by atomic mass is 32.1. The van der Waals surface area contributed by atoms with E-state index in [4.69, 9.17) is 5.73 Å². The lowest BCUT2D eigenvalue weighted by Crippen LogP contribution is -2.35. The number of fused-ring (bicyclic) bond motifs is 2. The van der Waals surface area contributed by atoms with Crippen LogP contribution in [0.2, 0.25) is 0 Å². The molecule has 5 heteroatoms. The molecule has 0 radical (unpaired) electrons. The fourth-order valence-corrected chi connectivity index (χ4v) is 3.80. The van der Waals surface area contributed by atoms with Crippen molar-refractivity contribution >= 4 is 33.8 Å². The van der Waals surface area contributed by atoms with Crippen LogP contribution in [0.3, 0.4) is 0 Å². The predicted octanol–water partition coefficient (Wildman–Crippen LogP) is 3.01. The van der Waals surface area contributed by atoms with E-state index in [1.54, 1.807) is 17.5 Å². The molecule has 0 saturated carbocycles. The van der Waals surface area contributed by atoms with Crippen molar-refractivity contribution in [2.45, 2.75) is 13.0 Å². The quantitative estimate of drug-likeness (QED) is 0.678. The molecule has 0 atom stereocenters. The number of anilines is 1. The molecule has 21 heavy (non-hydrogen) atoms. The maximum atomic E-state index is 12.8. The van der Waals surface area contributed by atoms with Gasteiger partial charge in [-0.2, -0.15) is 0 Å². The summed E-state index contributed by atoms with van der Waals surface area (Å²) in [5.41, 5.74) is 9.44. The predicted molar refractivity (Wildman–Crippen MR) is 85.5 cm³/mol. The molecule has 2 aromatic heterocycles. The fraction of sp³-hybridized carbons (Fsp3) is 0.188. The Morgan fingerprint density at radius 2 is 2.24 bits per heavy atom. The first-order valence-electron chi connectivity index (χ1n) is 6.93. The topological polar surface area (TPSA) is 62.1 Å². The van der Waals surface area contributed by atoms with Gasteiger partial charge in [0, 0.05) is 40.8 Å². The standard InChI is InChI=1S/C16H15N3OS/c17-11-1-2-14-12(7-11)13(8-18-14)16(20)19-5-3-15-10(9-19)4-6-21-15/h1-2,4,6-8,18H,3,5,9,17H2. The van der Waals surface area contributed by atoms with Crippen LogP contribution in [0.5, 0.6) is 0 Å². The molecule has 106 valence electrons. The zero-order valence-electron chi connectivity index (χ0n) is 11.4. The Morgan fingerprint density at radius 3 is 3.14 bits per heavy atom. The molecule has 0 unspecified atom stereocenters. The van der Waals surface area contributed by atoms with Gasteiger partial charge in [0.15, 0.2) is 0 Å². The molecule has 0 fully saturated rings. The number of nitrogens with two attached hydrogens (primary N) is 1. The van der Waals surface area contributed by atoms with Crippen molar-refractivity contribution in [3.05, 3.63) is 51.8 Å². The van der Waals surface area contributed by atoms with Gasteiger partial charge in [-0.05, 0) is 41.6 Å². The minimum absolute atomic E-state index is 0.0729. The number of thiophene rings is 1. The molecule has 0 spiro atoms. The first-order valence-corrected chi connectivity index (χ1v) is 7.81. The lowest BCUT2D eigenvalue weighted by molar-refractivity contribution is 0.0738. The highest BCUT2D eigenvalue weighted by Gasteiger charge is 2.24. The summed E-state index contributed by atoms with van der Waals surface area (Å²) in [6.07, 6.45) is 2.73. The number of aromatic nitrogens is 1. The number of H-pyrrole nitrogens is 1. The van der Waals surface area contributed by atoms with Gasteiger partial charge in [-0.15, -0.1) is 11.3 Å². The molecule has 3 heterocycles. The molecule has 0 aliphatic carbocycles. The first kappa shape index (κ1) is 12.5. The number of carbonyl (C=O) groups excluding carboxylic acids is 1. The van der Waals surface area contributed by atoms with E-state index < -0.39 is 0 Å². The van der Waals surface area contributed by atoms with Crippen LogP contribution in [0.25, 0.3) is 10.9 Å². The van der Waals surface area contributed by atoms with E-state index in [0.717, 1.165) is 23.9 Å². The van der Waals surface area contributed by atoms with Gasteiger partial charge >= 0.3 is 0 Å². The Bertz CT molecular complexity index is 833. The number of hydrogen-bond donors (Lipinski definition) is 2. The Hall–Kier alpha value is -2.27. The third kappa shape index (κ3) is 2.01. The number of hydrogen-bond acceptors (Lipinski definition) is 3. The van der Waals surface area contributed by atoms with Crippen LogP contribution >= 0.6 is 11.3 Å². The van der Waals surface area contributed by atoms with Gasteiger partial charge in [-0.25, -0.2) is 0 Å². The third-order valence-electron chi connectivity index (χ3n) is 4.03. The summed E-state index contributed by atoms with van der Waals surface area (Å²) in [5, 5.41) is 3.00. The van der Waals surface area contributed by atoms with E-state index in [1.807, 2.05) is 23.1 Å². The summed E-state index contributed by atoms with van der Waals surface area (Å²) in [7, 11) is 0. The van der Waals surface area contributed by atoms with Crippen molar-refractivity contribution in [1.29, 1.82) is 0 Å². The van der Waals surface area contributed by atoms with Gasteiger partial charge in [0.05, 0.1) is 5.56 Å². The van der Waals surface area contributed by atoms with Crippen LogP contribution in [0.1, 0.15) is 20.8 Å². The maximum absolute atomic E-state index is 12.8. The van der Waals surface area contributed by atoms with Gasteiger partial charge in [-0.3, -0.25) is 4.79 Å². The summed E-state index contributed by atoms with van der Waals surface area (Å²) in [4.78, 5) is 19.3. The Labute approximate surface area is 126 Å². The Kier molecular flexibility index (Phi) is 2.75. The van der Waals surface area contributed by atoms with E-state index in [-0.39, 0.29) is 5.91 Å². The normalized spacial score (nSPS) is 14.4. The Morgan fingerprint density at radius 1 is 1.33 bits per heavy atom. The van der Waals surface area contributed by atoms with Crippen LogP contribution in [0.4, 0.5) is 5.69 Å². The van der Waals surface area contributed by atoms with Crippen molar-refractivity contribution in [2.24, 2.45) is 0 Å². The number of amides is 1. The van der Waals surface area contributed by atoms with Crippen LogP contribution in [-0.4, -0.2) is 22.3 Å². The summed E-state index contributed by atoms with van der Waals surface area (Å²) in [5.74, 6) is 0.0729. The zero-order valence-corrected chi connectivity index (χ0v) is 12.2. The van der Waals surface area contributed by atoms with E-state index in [1.165, 1.54) is 10.4 Å². The molecule has 1 aromatic carbocycles. The molecule has 1 aliphatic heterocycles. The van der Waals surface area contributed by atoms with Gasteiger partial charge in [0.1, 0.15) is 0 Å². The molecule has 3 N–H and O–H groups in total. The molecule has 4 rings (SSSR count). The molecule has 3 aromatic rings. The van der Waals surface area contributed by atoms with Crippen LogP contribution in [0, 0.1) is 0 Å². The van der Waals surface area contributed by atoms with E-state index in [9.17, 15) is 4.79 Å². The SMILES string of the molecule is Nc1ccc2[nH]cc(C(=O)N3CCc4sccc4C3)c2c1. The number of rotatable bonds is 1. The summed E-state index contributed by atoms with van der Waals surface area (Å²) in [6.45, 7) is 1.48. The zero-order chi connectivity index (χ0) is 14.4. The maximum Gasteiger partial charge on any atom is 0.256 e. The molecular formula is C16H15N3OS. The average molecular weight is 297 g/mol. The summed E-state index contributed by atoms with van der Waals surface area (Å²) < 4.78 is 0. The van der Waals surface area contributed by atoms with Crippen molar-refractivity contribution in [3.8, 4) is 0 Å². The van der Waals surface area contributed by atoms with E-state index in [0.29, 0.717) is 17.8 Å². The smallest absolute Gasteiger partial charge is 0.256 e. The Balaban J connectivity index is 1.69. The second-order valence-electron chi connectivity index (χ2n) is 5.35. The molecule has 4 nitrogen and oxygen atoms in total. The lowest BCUT2D eigenvalue weighted by atomic mass is 10.1. The number of nitrogen functional groups attached to an aromatic ring is 1. The molecule has 0 bridgehead atoms. The minimum Gasteiger partial charge on any atom is -0.399 e. The highest BCUT2D eigenvalue weighted by Crippen LogP contribution is 2.27. The molecular weight excluding hydrogens is 282 g/mol. The van der Waals surface area contributed by atoms with Crippen molar-refractivity contribution < 1.29 is 4.79 Å². The monoisotopic (exact) mass is 297 g/mol. The van der Waals surface area contributed by atoms with Gasteiger partial charge < -0.3 is 15.6 Å². The number of nitrogens with one attached hydrogen (secondary N) is 1. The van der Waals surface area contributed by atoms with E-state index in [2.05, 4.69) is 16.4 Å². The fourth-order valence-electron chi connectivity index (χ4n) is 2.91. The molecule has 1 aliphatic rings. The van der Waals surface area contributed by atoms with Crippen LogP contribution in [0.15, 0.2) is 35.8 Å². The van der Waals surface area contributed by atoms with Crippen molar-refractivity contribution in [2.75, 3.05) is 12.3 Å². The second-order valence-corrected chi connectivity index (χ2v) is 6.35. The summed E-state index contributed by atoms with van der Waals surface area (Å²) in [6, 6.07) is 7.73. The third-order valence-corrected chi connectivity index (χ3v) is 5.05. The number of benzene rings is 1. The van der Waals surface area contributed by atoms with Crippen molar-refractivity contribution in [1.82, 2.24) is 9.88 Å².